The Balaban J connectivity index is 2.49. The highest BCUT2D eigenvalue weighted by molar-refractivity contribution is 5.71. The van der Waals surface area contributed by atoms with Gasteiger partial charge < -0.3 is 14.4 Å². The van der Waals surface area contributed by atoms with E-state index in [-0.39, 0.29) is 18.0 Å². The van der Waals surface area contributed by atoms with Crippen molar-refractivity contribution in [3.05, 3.63) is 12.2 Å². The zero-order valence-corrected chi connectivity index (χ0v) is 12.9. The first-order chi connectivity index (χ1) is 9.23. The molecule has 0 N–H and O–H groups in total. The van der Waals surface area contributed by atoms with Crippen LogP contribution >= 0.6 is 0 Å². The van der Waals surface area contributed by atoms with Crippen molar-refractivity contribution in [2.75, 3.05) is 19.7 Å². The Labute approximate surface area is 120 Å². The fourth-order valence-electron chi connectivity index (χ4n) is 2.12. The molecule has 0 aromatic heterocycles. The van der Waals surface area contributed by atoms with Gasteiger partial charge in [0.25, 0.3) is 0 Å². The van der Waals surface area contributed by atoms with Crippen LogP contribution in [0.25, 0.3) is 0 Å². The number of likely N-dealkylation sites (tertiary alicyclic amines) is 1. The first-order valence-electron chi connectivity index (χ1n) is 7.04. The van der Waals surface area contributed by atoms with Crippen LogP contribution in [0.2, 0.25) is 0 Å². The van der Waals surface area contributed by atoms with E-state index in [0.29, 0.717) is 26.1 Å². The number of esters is 1. The molecule has 1 aliphatic rings. The Bertz CT molecular complexity index is 384. The third kappa shape index (κ3) is 5.23. The van der Waals surface area contributed by atoms with E-state index in [9.17, 15) is 9.59 Å². The number of nitrogens with zero attached hydrogens (tertiary/aromatic N) is 1. The lowest BCUT2D eigenvalue weighted by Crippen LogP contribution is -2.43. The van der Waals surface area contributed by atoms with Gasteiger partial charge >= 0.3 is 12.1 Å². The monoisotopic (exact) mass is 283 g/mol. The minimum absolute atomic E-state index is 0.0905. The fourth-order valence-corrected chi connectivity index (χ4v) is 2.12. The first-order valence-corrected chi connectivity index (χ1v) is 7.04. The molecule has 1 fully saturated rings. The predicted octanol–water partition coefficient (Wildman–Crippen LogP) is 2.75. The summed E-state index contributed by atoms with van der Waals surface area (Å²) in [6.45, 7) is 12.7. The van der Waals surface area contributed by atoms with Crippen LogP contribution in [0.15, 0.2) is 12.2 Å². The van der Waals surface area contributed by atoms with Gasteiger partial charge in [-0.3, -0.25) is 4.79 Å². The summed E-state index contributed by atoms with van der Waals surface area (Å²) < 4.78 is 10.3. The number of piperidine rings is 1. The maximum absolute atomic E-state index is 12.0. The van der Waals surface area contributed by atoms with Crippen molar-refractivity contribution in [3.8, 4) is 0 Å². The second-order valence-electron chi connectivity index (χ2n) is 6.05. The fraction of sp³-hybridized carbons (Fsp3) is 0.733. The number of ether oxygens (including phenoxy) is 2. The number of hydrogen-bond donors (Lipinski definition) is 0. The normalized spacial score (nSPS) is 19.7. The van der Waals surface area contributed by atoms with Gasteiger partial charge in [0.2, 0.25) is 0 Å². The zero-order valence-electron chi connectivity index (χ0n) is 12.9. The van der Waals surface area contributed by atoms with E-state index in [1.165, 1.54) is 0 Å². The van der Waals surface area contributed by atoms with Crippen molar-refractivity contribution in [1.82, 2.24) is 4.90 Å². The molecule has 1 amide bonds. The van der Waals surface area contributed by atoms with E-state index in [1.54, 1.807) is 11.8 Å². The lowest BCUT2D eigenvalue weighted by Gasteiger charge is -2.34. The van der Waals surface area contributed by atoms with E-state index < -0.39 is 5.60 Å². The predicted molar refractivity (Wildman–Crippen MR) is 76.3 cm³/mol. The maximum atomic E-state index is 12.0. The van der Waals surface area contributed by atoms with Crippen LogP contribution in [0.5, 0.6) is 0 Å². The molecule has 0 aromatic carbocycles. The molecule has 1 atom stereocenters. The average Bonchev–Trinajstić information content (AvgIpc) is 2.29. The molecule has 0 spiro atoms. The quantitative estimate of drug-likeness (QED) is 0.590. The Morgan fingerprint density at radius 2 is 2.05 bits per heavy atom. The summed E-state index contributed by atoms with van der Waals surface area (Å²) in [4.78, 5) is 25.1. The highest BCUT2D eigenvalue weighted by Gasteiger charge is 2.30. The molecule has 0 radical (unpaired) electrons. The van der Waals surface area contributed by atoms with Gasteiger partial charge in [0.1, 0.15) is 5.60 Å². The highest BCUT2D eigenvalue weighted by Crippen LogP contribution is 2.26. The summed E-state index contributed by atoms with van der Waals surface area (Å²) in [5.74, 6) is -0.114. The van der Waals surface area contributed by atoms with Crippen LogP contribution in [0, 0.1) is 5.92 Å². The molecule has 0 saturated carbocycles. The molecule has 114 valence electrons. The maximum Gasteiger partial charge on any atom is 0.410 e. The number of hydrogen-bond acceptors (Lipinski definition) is 4. The van der Waals surface area contributed by atoms with Gasteiger partial charge in [-0.2, -0.15) is 0 Å². The van der Waals surface area contributed by atoms with E-state index in [2.05, 4.69) is 6.58 Å². The van der Waals surface area contributed by atoms with Gasteiger partial charge in [0.05, 0.1) is 13.0 Å². The summed E-state index contributed by atoms with van der Waals surface area (Å²) in [5, 5.41) is 0. The third-order valence-corrected chi connectivity index (χ3v) is 3.09. The summed E-state index contributed by atoms with van der Waals surface area (Å²) in [7, 11) is 0. The Morgan fingerprint density at radius 3 is 2.55 bits per heavy atom. The Morgan fingerprint density at radius 1 is 1.40 bits per heavy atom. The number of carbonyl (C=O) groups excluding carboxylic acids is 2. The molecule has 0 aromatic rings. The van der Waals surface area contributed by atoms with Gasteiger partial charge in [0.15, 0.2) is 0 Å². The molecule has 0 aliphatic carbocycles. The average molecular weight is 283 g/mol. The van der Waals surface area contributed by atoms with Crippen LogP contribution in [-0.2, 0) is 14.3 Å². The summed E-state index contributed by atoms with van der Waals surface area (Å²) in [5.41, 5.74) is 0.385. The molecule has 1 saturated heterocycles. The second-order valence-corrected chi connectivity index (χ2v) is 6.05. The Hall–Kier alpha value is -1.52. The van der Waals surface area contributed by atoms with Crippen molar-refractivity contribution in [2.45, 2.75) is 46.1 Å². The van der Waals surface area contributed by atoms with Gasteiger partial charge in [-0.1, -0.05) is 12.2 Å². The lowest BCUT2D eigenvalue weighted by molar-refractivity contribution is -0.144. The molecule has 1 unspecified atom stereocenters. The molecule has 5 nitrogen and oxygen atoms in total. The Kier molecular flexibility index (Phi) is 5.60. The minimum atomic E-state index is -0.500. The number of rotatable bonds is 3. The molecule has 5 heteroatoms. The van der Waals surface area contributed by atoms with E-state index >= 15 is 0 Å². The van der Waals surface area contributed by atoms with E-state index in [0.717, 1.165) is 12.0 Å². The van der Waals surface area contributed by atoms with Crippen LogP contribution < -0.4 is 0 Å². The van der Waals surface area contributed by atoms with Crippen molar-refractivity contribution in [1.29, 1.82) is 0 Å². The smallest absolute Gasteiger partial charge is 0.410 e. The second kappa shape index (κ2) is 6.77. The van der Waals surface area contributed by atoms with Gasteiger partial charge in [0, 0.05) is 13.1 Å². The van der Waals surface area contributed by atoms with Crippen molar-refractivity contribution in [3.63, 3.8) is 0 Å². The third-order valence-electron chi connectivity index (χ3n) is 3.09. The molecular formula is C15H25NO4. The number of carbonyl (C=O) groups is 2. The first kappa shape index (κ1) is 16.5. The minimum Gasteiger partial charge on any atom is -0.466 e. The highest BCUT2D eigenvalue weighted by atomic mass is 16.6. The standard InChI is InChI=1S/C15H25NO4/c1-6-19-13(17)9-12-7-8-16(10-11(12)2)14(18)20-15(3,4)5/h12H,2,6-10H2,1,3-5H3. The van der Waals surface area contributed by atoms with Gasteiger partial charge in [-0.25, -0.2) is 4.79 Å². The van der Waals surface area contributed by atoms with E-state index in [1.807, 2.05) is 20.8 Å². The van der Waals surface area contributed by atoms with Crippen LogP contribution in [0.4, 0.5) is 4.79 Å². The van der Waals surface area contributed by atoms with Gasteiger partial charge in [-0.05, 0) is 40.0 Å². The summed E-state index contributed by atoms with van der Waals surface area (Å²) in [6, 6.07) is 0. The van der Waals surface area contributed by atoms with Gasteiger partial charge in [-0.15, -0.1) is 0 Å². The summed E-state index contributed by atoms with van der Waals surface area (Å²) in [6.07, 6.45) is 0.736. The van der Waals surface area contributed by atoms with Crippen molar-refractivity contribution >= 4 is 12.1 Å². The number of amides is 1. The molecule has 1 heterocycles. The zero-order chi connectivity index (χ0) is 15.3. The van der Waals surface area contributed by atoms with Crippen molar-refractivity contribution in [2.24, 2.45) is 5.92 Å². The summed E-state index contributed by atoms with van der Waals surface area (Å²) >= 11 is 0. The molecule has 1 rings (SSSR count). The topological polar surface area (TPSA) is 55.8 Å². The lowest BCUT2D eigenvalue weighted by atomic mass is 9.89. The molecule has 20 heavy (non-hydrogen) atoms. The van der Waals surface area contributed by atoms with Crippen LogP contribution in [0.3, 0.4) is 0 Å². The SMILES string of the molecule is C=C1CN(C(=O)OC(C)(C)C)CCC1CC(=O)OCC. The molecule has 0 bridgehead atoms. The molecular weight excluding hydrogens is 258 g/mol. The largest absolute Gasteiger partial charge is 0.466 e. The van der Waals surface area contributed by atoms with Crippen LogP contribution in [0.1, 0.15) is 40.5 Å². The van der Waals surface area contributed by atoms with E-state index in [4.69, 9.17) is 9.47 Å². The molecule has 1 aliphatic heterocycles. The van der Waals surface area contributed by atoms with Crippen molar-refractivity contribution < 1.29 is 19.1 Å². The van der Waals surface area contributed by atoms with Crippen LogP contribution in [-0.4, -0.2) is 42.3 Å².